The third-order valence-electron chi connectivity index (χ3n) is 5.86. The van der Waals surface area contributed by atoms with E-state index < -0.39 is 24.4 Å². The van der Waals surface area contributed by atoms with Crippen LogP contribution in [0.25, 0.3) is 0 Å². The van der Waals surface area contributed by atoms with Crippen molar-refractivity contribution < 1.29 is 28.6 Å². The smallest absolute Gasteiger partial charge is 0.311 e. The number of ether oxygens (including phenoxy) is 3. The second-order valence-electron chi connectivity index (χ2n) is 8.37. The van der Waals surface area contributed by atoms with Crippen LogP contribution in [0.15, 0.2) is 65.1 Å². The summed E-state index contributed by atoms with van der Waals surface area (Å²) in [7, 11) is 1.60. The van der Waals surface area contributed by atoms with Crippen LogP contribution in [-0.2, 0) is 19.1 Å². The lowest BCUT2D eigenvalue weighted by molar-refractivity contribution is -0.151. The summed E-state index contributed by atoms with van der Waals surface area (Å²) in [5.74, 6) is 0.0173. The minimum Gasteiger partial charge on any atom is -0.497 e. The molecule has 8 nitrogen and oxygen atoms in total. The van der Waals surface area contributed by atoms with E-state index in [2.05, 4.69) is 21.2 Å². The van der Waals surface area contributed by atoms with Crippen molar-refractivity contribution in [2.24, 2.45) is 5.92 Å². The van der Waals surface area contributed by atoms with Gasteiger partial charge in [0.2, 0.25) is 5.91 Å². The zero-order chi connectivity index (χ0) is 26.5. The number of carbonyl (C=O) groups excluding carboxylic acids is 3. The molecule has 1 atom stereocenters. The fourth-order valence-electron chi connectivity index (χ4n) is 3.82. The highest BCUT2D eigenvalue weighted by molar-refractivity contribution is 9.10. The van der Waals surface area contributed by atoms with Crippen LogP contribution < -0.4 is 19.7 Å². The van der Waals surface area contributed by atoms with Crippen LogP contribution in [0.3, 0.4) is 0 Å². The number of amides is 2. The normalized spacial score (nSPS) is 14.9. The maximum absolute atomic E-state index is 12.6. The maximum Gasteiger partial charge on any atom is 0.311 e. The van der Waals surface area contributed by atoms with Gasteiger partial charge < -0.3 is 24.4 Å². The van der Waals surface area contributed by atoms with E-state index in [0.717, 1.165) is 5.75 Å². The van der Waals surface area contributed by atoms with Crippen LogP contribution >= 0.6 is 27.5 Å². The van der Waals surface area contributed by atoms with Crippen molar-refractivity contribution in [1.29, 1.82) is 0 Å². The van der Waals surface area contributed by atoms with Crippen LogP contribution in [-0.4, -0.2) is 38.0 Å². The molecule has 0 bridgehead atoms. The van der Waals surface area contributed by atoms with Crippen molar-refractivity contribution in [3.05, 3.63) is 75.7 Å². The van der Waals surface area contributed by atoms with Gasteiger partial charge in [-0.05, 0) is 89.1 Å². The predicted octanol–water partition coefficient (Wildman–Crippen LogP) is 5.75. The Hall–Kier alpha value is -3.56. The molecule has 3 aromatic rings. The van der Waals surface area contributed by atoms with Crippen LogP contribution in [0.1, 0.15) is 12.0 Å². The number of anilines is 2. The van der Waals surface area contributed by atoms with Gasteiger partial charge in [0, 0.05) is 28.8 Å². The second-order valence-corrected chi connectivity index (χ2v) is 9.60. The van der Waals surface area contributed by atoms with Gasteiger partial charge in [0.15, 0.2) is 6.61 Å². The molecule has 0 radical (unpaired) electrons. The van der Waals surface area contributed by atoms with E-state index in [9.17, 15) is 14.4 Å². The van der Waals surface area contributed by atoms with Gasteiger partial charge in [-0.3, -0.25) is 14.4 Å². The molecule has 0 saturated carbocycles. The molecule has 2 amide bonds. The van der Waals surface area contributed by atoms with Crippen LogP contribution in [0.2, 0.25) is 5.02 Å². The molecule has 1 N–H and O–H groups in total. The Balaban J connectivity index is 1.29. The van der Waals surface area contributed by atoms with Gasteiger partial charge in [0.25, 0.3) is 5.91 Å². The summed E-state index contributed by atoms with van der Waals surface area (Å²) in [5.41, 5.74) is 1.85. The predicted molar refractivity (Wildman–Crippen MR) is 143 cm³/mol. The molecule has 0 unspecified atom stereocenters. The highest BCUT2D eigenvalue weighted by Crippen LogP contribution is 2.32. The van der Waals surface area contributed by atoms with Crippen LogP contribution in [0, 0.1) is 12.8 Å². The summed E-state index contributed by atoms with van der Waals surface area (Å²) in [6.07, 6.45) is 0.00593. The number of carbonyl (C=O) groups is 3. The van der Waals surface area contributed by atoms with Crippen molar-refractivity contribution in [1.82, 2.24) is 0 Å². The van der Waals surface area contributed by atoms with Crippen molar-refractivity contribution in [3.8, 4) is 17.2 Å². The number of benzene rings is 3. The number of nitrogens with zero attached hydrogens (tertiary/aromatic N) is 1. The Labute approximate surface area is 227 Å². The number of esters is 1. The minimum absolute atomic E-state index is 0.00593. The fraction of sp³-hybridized carbons (Fsp3) is 0.222. The zero-order valence-electron chi connectivity index (χ0n) is 20.1. The van der Waals surface area contributed by atoms with Crippen molar-refractivity contribution >= 4 is 56.7 Å². The van der Waals surface area contributed by atoms with Crippen LogP contribution in [0.5, 0.6) is 17.2 Å². The van der Waals surface area contributed by atoms with E-state index in [-0.39, 0.29) is 18.9 Å². The van der Waals surface area contributed by atoms with Crippen LogP contribution in [0.4, 0.5) is 11.4 Å². The number of rotatable bonds is 8. The van der Waals surface area contributed by atoms with Gasteiger partial charge in [-0.1, -0.05) is 11.6 Å². The van der Waals surface area contributed by atoms with E-state index in [1.165, 1.54) is 4.90 Å². The first-order valence-electron chi connectivity index (χ1n) is 11.4. The van der Waals surface area contributed by atoms with Crippen molar-refractivity contribution in [2.75, 3.05) is 30.5 Å². The van der Waals surface area contributed by atoms with E-state index in [1.54, 1.807) is 74.7 Å². The lowest BCUT2D eigenvalue weighted by Crippen LogP contribution is -2.28. The Morgan fingerprint density at radius 1 is 1.03 bits per heavy atom. The second kappa shape index (κ2) is 11.7. The first-order chi connectivity index (χ1) is 17.7. The lowest BCUT2D eigenvalue weighted by Gasteiger charge is -2.17. The average Bonchev–Trinajstić information content (AvgIpc) is 3.30. The van der Waals surface area contributed by atoms with Gasteiger partial charge in [-0.25, -0.2) is 0 Å². The van der Waals surface area contributed by atoms with Gasteiger partial charge in [-0.15, -0.1) is 0 Å². The molecule has 1 aliphatic rings. The minimum atomic E-state index is -0.667. The lowest BCUT2D eigenvalue weighted by atomic mass is 10.1. The summed E-state index contributed by atoms with van der Waals surface area (Å²) in [4.78, 5) is 38.9. The Morgan fingerprint density at radius 3 is 2.30 bits per heavy atom. The molecule has 1 fully saturated rings. The van der Waals surface area contributed by atoms with Crippen molar-refractivity contribution in [2.45, 2.75) is 13.3 Å². The monoisotopic (exact) mass is 586 g/mol. The molecule has 37 heavy (non-hydrogen) atoms. The molecular weight excluding hydrogens is 564 g/mol. The first kappa shape index (κ1) is 26.5. The summed E-state index contributed by atoms with van der Waals surface area (Å²) in [5, 5.41) is 3.16. The quantitative estimate of drug-likeness (QED) is 0.338. The highest BCUT2D eigenvalue weighted by Gasteiger charge is 2.36. The summed E-state index contributed by atoms with van der Waals surface area (Å²) in [6, 6.07) is 17.6. The third-order valence-corrected chi connectivity index (χ3v) is 7.24. The third kappa shape index (κ3) is 6.42. The maximum atomic E-state index is 12.6. The van der Waals surface area contributed by atoms with Gasteiger partial charge in [0.05, 0.1) is 18.1 Å². The molecule has 10 heteroatoms. The molecule has 1 heterocycles. The number of hydrogen-bond acceptors (Lipinski definition) is 6. The molecule has 1 saturated heterocycles. The summed E-state index contributed by atoms with van der Waals surface area (Å²) >= 11 is 9.51. The standard InChI is InChI=1S/C27H24BrClN2O6/c1-16-23(12-11-22(28)26(16)29)30-24(32)15-36-27(34)17-13-25(33)31(14-17)18-3-5-20(6-4-18)37-21-9-7-19(35-2)8-10-21/h3-12,17H,13-15H2,1-2H3,(H,30,32)/t17-/m1/s1. The average molecular weight is 588 g/mol. The van der Waals surface area contributed by atoms with E-state index in [0.29, 0.717) is 37.9 Å². The highest BCUT2D eigenvalue weighted by atomic mass is 79.9. The van der Waals surface area contributed by atoms with Gasteiger partial charge in [-0.2, -0.15) is 0 Å². The molecule has 3 aromatic carbocycles. The Kier molecular flexibility index (Phi) is 8.35. The topological polar surface area (TPSA) is 94.2 Å². The van der Waals surface area contributed by atoms with Gasteiger partial charge in [0.1, 0.15) is 17.2 Å². The Bertz CT molecular complexity index is 1310. The molecule has 0 spiro atoms. The van der Waals surface area contributed by atoms with E-state index >= 15 is 0 Å². The summed E-state index contributed by atoms with van der Waals surface area (Å²) < 4.78 is 16.9. The molecule has 0 aromatic heterocycles. The molecule has 4 rings (SSSR count). The van der Waals surface area contributed by atoms with Crippen molar-refractivity contribution in [3.63, 3.8) is 0 Å². The van der Waals surface area contributed by atoms with E-state index in [4.69, 9.17) is 25.8 Å². The van der Waals surface area contributed by atoms with E-state index in [1.807, 2.05) is 0 Å². The number of hydrogen-bond donors (Lipinski definition) is 1. The number of halogens is 2. The molecule has 0 aliphatic carbocycles. The first-order valence-corrected chi connectivity index (χ1v) is 12.6. The summed E-state index contributed by atoms with van der Waals surface area (Å²) in [6.45, 7) is 1.47. The molecule has 192 valence electrons. The number of methoxy groups -OCH3 is 1. The Morgan fingerprint density at radius 2 is 1.65 bits per heavy atom. The fourth-order valence-corrected chi connectivity index (χ4v) is 4.41. The largest absolute Gasteiger partial charge is 0.497 e. The van der Waals surface area contributed by atoms with Gasteiger partial charge >= 0.3 is 5.97 Å². The number of nitrogens with one attached hydrogen (secondary N) is 1. The zero-order valence-corrected chi connectivity index (χ0v) is 22.5. The molecular formula is C27H24BrClN2O6. The molecule has 1 aliphatic heterocycles. The SMILES string of the molecule is COc1ccc(Oc2ccc(N3C[C@H](C(=O)OCC(=O)Nc4ccc(Br)c(Cl)c4C)CC3=O)cc2)cc1.